The number of halogens is 1. The van der Waals surface area contributed by atoms with Crippen LogP contribution in [-0.2, 0) is 10.3 Å². The number of hydrogen-bond donors (Lipinski definition) is 3. The third-order valence-electron chi connectivity index (χ3n) is 4.38. The summed E-state index contributed by atoms with van der Waals surface area (Å²) in [6.07, 6.45) is 4.04. The van der Waals surface area contributed by atoms with Crippen LogP contribution in [0.4, 0.5) is 9.18 Å². The minimum absolute atomic E-state index is 0.00970. The Labute approximate surface area is 136 Å². The molecule has 0 spiro atoms. The van der Waals surface area contributed by atoms with Crippen LogP contribution < -0.4 is 10.6 Å². The van der Waals surface area contributed by atoms with Crippen LogP contribution in [0.1, 0.15) is 38.2 Å². The first-order valence-corrected chi connectivity index (χ1v) is 7.98. The third-order valence-corrected chi connectivity index (χ3v) is 4.38. The fourth-order valence-corrected chi connectivity index (χ4v) is 2.93. The van der Waals surface area contributed by atoms with Crippen molar-refractivity contribution < 1.29 is 19.0 Å². The number of aliphatic hydroxyl groups is 1. The highest BCUT2D eigenvalue weighted by molar-refractivity contribution is 5.74. The highest BCUT2D eigenvalue weighted by atomic mass is 19.1. The van der Waals surface area contributed by atoms with Crippen LogP contribution in [0.25, 0.3) is 0 Å². The summed E-state index contributed by atoms with van der Waals surface area (Å²) in [5.41, 5.74) is -0.718. The first-order chi connectivity index (χ1) is 10.9. The monoisotopic (exact) mass is 324 g/mol. The number of urea groups is 1. The van der Waals surface area contributed by atoms with Crippen molar-refractivity contribution in [1.82, 2.24) is 10.6 Å². The molecule has 6 heteroatoms. The number of rotatable bonds is 5. The Morgan fingerprint density at radius 3 is 2.65 bits per heavy atom. The van der Waals surface area contributed by atoms with E-state index in [2.05, 4.69) is 10.6 Å². The normalized spacial score (nSPS) is 23.8. The first kappa shape index (κ1) is 17.7. The number of methoxy groups -OCH3 is 1. The molecule has 0 bridgehead atoms. The van der Waals surface area contributed by atoms with Gasteiger partial charge in [-0.1, -0.05) is 25.0 Å². The summed E-state index contributed by atoms with van der Waals surface area (Å²) in [5.74, 6) is -0.363. The standard InChI is InChI=1S/C17H25FN2O3/c1-17(22,12-7-9-13(18)10-8-12)11-19-16(21)20-14-5-3-4-6-15(14)23-2/h7-10,14-15,22H,3-6,11H2,1-2H3,(H2,19,20,21)/t14-,15-,17+/m1/s1. The zero-order valence-corrected chi connectivity index (χ0v) is 13.6. The number of benzene rings is 1. The number of ether oxygens (including phenoxy) is 1. The molecule has 1 aromatic carbocycles. The minimum Gasteiger partial charge on any atom is -0.384 e. The smallest absolute Gasteiger partial charge is 0.315 e. The molecule has 0 unspecified atom stereocenters. The van der Waals surface area contributed by atoms with Gasteiger partial charge in [-0.15, -0.1) is 0 Å². The number of hydrogen-bond acceptors (Lipinski definition) is 3. The van der Waals surface area contributed by atoms with Crippen LogP contribution >= 0.6 is 0 Å². The second-order valence-electron chi connectivity index (χ2n) is 6.27. The molecule has 2 amide bonds. The summed E-state index contributed by atoms with van der Waals surface area (Å²) in [4.78, 5) is 12.1. The molecule has 0 heterocycles. The van der Waals surface area contributed by atoms with Crippen molar-refractivity contribution in [3.8, 4) is 0 Å². The topological polar surface area (TPSA) is 70.6 Å². The van der Waals surface area contributed by atoms with E-state index in [4.69, 9.17) is 4.74 Å². The summed E-state index contributed by atoms with van der Waals surface area (Å²) >= 11 is 0. The minimum atomic E-state index is -1.27. The Kier molecular flexibility index (Phi) is 5.96. The molecule has 1 saturated carbocycles. The Balaban J connectivity index is 1.86. The Bertz CT molecular complexity index is 519. The first-order valence-electron chi connectivity index (χ1n) is 7.98. The van der Waals surface area contributed by atoms with Gasteiger partial charge in [-0.05, 0) is 37.5 Å². The van der Waals surface area contributed by atoms with Crippen molar-refractivity contribution in [3.05, 3.63) is 35.6 Å². The van der Waals surface area contributed by atoms with Crippen molar-refractivity contribution in [3.63, 3.8) is 0 Å². The van der Waals surface area contributed by atoms with Gasteiger partial charge in [0.05, 0.1) is 18.7 Å². The predicted molar refractivity (Wildman–Crippen MR) is 85.6 cm³/mol. The SMILES string of the molecule is CO[C@@H]1CCCC[C@H]1NC(=O)NC[C@](C)(O)c1ccc(F)cc1. The summed E-state index contributed by atoms with van der Waals surface area (Å²) in [6, 6.07) is 5.25. The van der Waals surface area contributed by atoms with E-state index in [1.165, 1.54) is 24.3 Å². The molecule has 1 fully saturated rings. The van der Waals surface area contributed by atoms with E-state index in [9.17, 15) is 14.3 Å². The van der Waals surface area contributed by atoms with Crippen molar-refractivity contribution in [2.45, 2.75) is 50.4 Å². The van der Waals surface area contributed by atoms with Gasteiger partial charge < -0.3 is 20.5 Å². The summed E-state index contributed by atoms with van der Waals surface area (Å²) in [7, 11) is 1.65. The zero-order chi connectivity index (χ0) is 16.9. The van der Waals surface area contributed by atoms with Crippen molar-refractivity contribution in [1.29, 1.82) is 0 Å². The second kappa shape index (κ2) is 7.75. The number of carbonyl (C=O) groups is 1. The molecule has 3 atom stereocenters. The van der Waals surface area contributed by atoms with Crippen LogP contribution in [0, 0.1) is 5.82 Å². The van der Waals surface area contributed by atoms with Crippen molar-refractivity contribution >= 4 is 6.03 Å². The van der Waals surface area contributed by atoms with Gasteiger partial charge in [0, 0.05) is 7.11 Å². The Morgan fingerprint density at radius 2 is 2.00 bits per heavy atom. The molecule has 2 rings (SSSR count). The van der Waals surface area contributed by atoms with Gasteiger partial charge in [-0.2, -0.15) is 0 Å². The van der Waals surface area contributed by atoms with Gasteiger partial charge in [0.1, 0.15) is 11.4 Å². The zero-order valence-electron chi connectivity index (χ0n) is 13.6. The Hall–Kier alpha value is -1.66. The molecule has 5 nitrogen and oxygen atoms in total. The molecule has 0 saturated heterocycles. The fraction of sp³-hybridized carbons (Fsp3) is 0.588. The largest absolute Gasteiger partial charge is 0.384 e. The van der Waals surface area contributed by atoms with Crippen LogP contribution in [0.5, 0.6) is 0 Å². The number of carbonyl (C=O) groups excluding carboxylic acids is 1. The van der Waals surface area contributed by atoms with E-state index in [0.29, 0.717) is 5.56 Å². The molecule has 0 aromatic heterocycles. The van der Waals surface area contributed by atoms with Crippen LogP contribution in [0.15, 0.2) is 24.3 Å². The van der Waals surface area contributed by atoms with E-state index in [-0.39, 0.29) is 30.5 Å². The lowest BCUT2D eigenvalue weighted by Crippen LogP contribution is -2.51. The lowest BCUT2D eigenvalue weighted by atomic mass is 9.92. The molecule has 1 aliphatic rings. The second-order valence-corrected chi connectivity index (χ2v) is 6.27. The lowest BCUT2D eigenvalue weighted by molar-refractivity contribution is 0.0428. The fourth-order valence-electron chi connectivity index (χ4n) is 2.93. The summed E-state index contributed by atoms with van der Waals surface area (Å²) in [5, 5.41) is 16.0. The van der Waals surface area contributed by atoms with Gasteiger partial charge >= 0.3 is 6.03 Å². The van der Waals surface area contributed by atoms with Crippen LogP contribution in [0.2, 0.25) is 0 Å². The van der Waals surface area contributed by atoms with Crippen LogP contribution in [0.3, 0.4) is 0 Å². The molecule has 3 N–H and O–H groups in total. The predicted octanol–water partition coefficient (Wildman–Crippen LogP) is 2.29. The van der Waals surface area contributed by atoms with Gasteiger partial charge in [0.25, 0.3) is 0 Å². The maximum absolute atomic E-state index is 12.9. The van der Waals surface area contributed by atoms with Gasteiger partial charge in [0.15, 0.2) is 0 Å². The van der Waals surface area contributed by atoms with Crippen molar-refractivity contribution in [2.24, 2.45) is 0 Å². The van der Waals surface area contributed by atoms with E-state index in [0.717, 1.165) is 25.7 Å². The lowest BCUT2D eigenvalue weighted by Gasteiger charge is -2.31. The Morgan fingerprint density at radius 1 is 1.35 bits per heavy atom. The average molecular weight is 324 g/mol. The maximum Gasteiger partial charge on any atom is 0.315 e. The molecule has 1 aliphatic carbocycles. The molecule has 0 aliphatic heterocycles. The number of amides is 2. The molecular weight excluding hydrogens is 299 g/mol. The molecule has 1 aromatic rings. The van der Waals surface area contributed by atoms with E-state index in [1.54, 1.807) is 14.0 Å². The molecule has 0 radical (unpaired) electrons. The number of nitrogens with one attached hydrogen (secondary N) is 2. The third kappa shape index (κ3) is 4.91. The summed E-state index contributed by atoms with van der Waals surface area (Å²) < 4.78 is 18.3. The average Bonchev–Trinajstić information content (AvgIpc) is 2.54. The highest BCUT2D eigenvalue weighted by Gasteiger charge is 2.28. The van der Waals surface area contributed by atoms with Crippen molar-refractivity contribution in [2.75, 3.05) is 13.7 Å². The highest BCUT2D eigenvalue weighted by Crippen LogP contribution is 2.21. The molecular formula is C17H25FN2O3. The quantitative estimate of drug-likeness (QED) is 0.778. The van der Waals surface area contributed by atoms with E-state index >= 15 is 0 Å². The maximum atomic E-state index is 12.9. The van der Waals surface area contributed by atoms with Gasteiger partial charge in [-0.25, -0.2) is 9.18 Å². The molecule has 128 valence electrons. The van der Waals surface area contributed by atoms with E-state index < -0.39 is 5.60 Å². The summed E-state index contributed by atoms with van der Waals surface area (Å²) in [6.45, 7) is 1.62. The van der Waals surface area contributed by atoms with Crippen LogP contribution in [-0.4, -0.2) is 36.9 Å². The van der Waals surface area contributed by atoms with E-state index in [1.807, 2.05) is 0 Å². The molecule has 23 heavy (non-hydrogen) atoms. The van der Waals surface area contributed by atoms with Gasteiger partial charge in [-0.3, -0.25) is 0 Å². The van der Waals surface area contributed by atoms with Gasteiger partial charge in [0.2, 0.25) is 0 Å².